The van der Waals surface area contributed by atoms with Crippen LogP contribution in [0.4, 0.5) is 22.9 Å². The molecule has 3 N–H and O–H groups in total. The molecular weight excluding hydrogens is 350 g/mol. The van der Waals surface area contributed by atoms with E-state index >= 15 is 0 Å². The van der Waals surface area contributed by atoms with Crippen LogP contribution in [-0.4, -0.2) is 38.2 Å². The zero-order valence-corrected chi connectivity index (χ0v) is 15.7. The van der Waals surface area contributed by atoms with E-state index in [4.69, 9.17) is 5.73 Å². The van der Waals surface area contributed by atoms with Crippen molar-refractivity contribution in [3.8, 4) is 0 Å². The molecule has 8 heteroatoms. The molecule has 3 rings (SSSR count). The summed E-state index contributed by atoms with van der Waals surface area (Å²) in [5, 5.41) is 4.06. The molecule has 0 fully saturated rings. The monoisotopic (exact) mass is 371 g/mol. The molecule has 0 aliphatic carbocycles. The van der Waals surface area contributed by atoms with Crippen molar-refractivity contribution in [3.63, 3.8) is 0 Å². The molecule has 0 aliphatic rings. The van der Waals surface area contributed by atoms with Crippen LogP contribution in [0.15, 0.2) is 47.6 Å². The number of nitrogens with zero attached hydrogens (tertiary/aromatic N) is 3. The number of hydrogen-bond acceptors (Lipinski definition) is 7. The lowest BCUT2D eigenvalue weighted by molar-refractivity contribution is 0.597. The van der Waals surface area contributed by atoms with E-state index in [2.05, 4.69) is 15.3 Å². The van der Waals surface area contributed by atoms with Gasteiger partial charge in [-0.25, -0.2) is 18.4 Å². The van der Waals surface area contributed by atoms with Crippen LogP contribution in [0.25, 0.3) is 10.9 Å². The van der Waals surface area contributed by atoms with E-state index in [0.29, 0.717) is 22.7 Å². The molecule has 0 saturated carbocycles. The highest BCUT2D eigenvalue weighted by molar-refractivity contribution is 7.91. The van der Waals surface area contributed by atoms with Crippen LogP contribution in [0.5, 0.6) is 0 Å². The van der Waals surface area contributed by atoms with Crippen LogP contribution in [0.2, 0.25) is 0 Å². The molecule has 0 unspecified atom stereocenters. The van der Waals surface area contributed by atoms with Crippen molar-refractivity contribution in [1.82, 2.24) is 9.97 Å². The third-order valence-electron chi connectivity index (χ3n) is 4.10. The Hall–Kier alpha value is -2.87. The Labute approximate surface area is 152 Å². The normalized spacial score (nSPS) is 11.5. The van der Waals surface area contributed by atoms with E-state index in [-0.39, 0.29) is 10.6 Å². The van der Waals surface area contributed by atoms with E-state index < -0.39 is 9.84 Å². The predicted octanol–water partition coefficient (Wildman–Crippen LogP) is 2.82. The molecule has 136 valence electrons. The number of hydrogen-bond donors (Lipinski definition) is 2. The van der Waals surface area contributed by atoms with E-state index in [1.54, 1.807) is 37.3 Å². The van der Waals surface area contributed by atoms with Gasteiger partial charge in [0.1, 0.15) is 12.1 Å². The molecular formula is C18H21N5O2S. The van der Waals surface area contributed by atoms with Gasteiger partial charge in [0.05, 0.1) is 27.5 Å². The average Bonchev–Trinajstić information content (AvgIpc) is 2.61. The largest absolute Gasteiger partial charge is 0.399 e. The summed E-state index contributed by atoms with van der Waals surface area (Å²) in [6.45, 7) is 1.63. The minimum Gasteiger partial charge on any atom is -0.399 e. The molecule has 0 bridgehead atoms. The Kier molecular flexibility index (Phi) is 4.69. The highest BCUT2D eigenvalue weighted by atomic mass is 32.2. The van der Waals surface area contributed by atoms with Crippen molar-refractivity contribution in [2.75, 3.05) is 35.8 Å². The summed E-state index contributed by atoms with van der Waals surface area (Å²) in [6.07, 6.45) is 1.45. The van der Waals surface area contributed by atoms with E-state index in [1.807, 2.05) is 25.1 Å². The number of nitrogens with two attached hydrogens (primary N) is 1. The maximum absolute atomic E-state index is 12.3. The Bertz CT molecular complexity index is 1060. The highest BCUT2D eigenvalue weighted by Gasteiger charge is 2.16. The topological polar surface area (TPSA) is 101 Å². The van der Waals surface area contributed by atoms with Gasteiger partial charge in [-0.3, -0.25) is 0 Å². The Morgan fingerprint density at radius 1 is 1.12 bits per heavy atom. The van der Waals surface area contributed by atoms with Gasteiger partial charge < -0.3 is 16.0 Å². The van der Waals surface area contributed by atoms with Crippen LogP contribution in [-0.2, 0) is 9.84 Å². The molecule has 0 radical (unpaired) electrons. The summed E-state index contributed by atoms with van der Waals surface area (Å²) in [5.74, 6) is 0.632. The molecule has 7 nitrogen and oxygen atoms in total. The zero-order chi connectivity index (χ0) is 18.9. The molecule has 0 spiro atoms. The molecule has 0 aliphatic heterocycles. The first-order chi connectivity index (χ1) is 12.3. The van der Waals surface area contributed by atoms with Crippen molar-refractivity contribution in [2.24, 2.45) is 0 Å². The number of rotatable bonds is 5. The quantitative estimate of drug-likeness (QED) is 0.665. The van der Waals surface area contributed by atoms with Gasteiger partial charge in [0.25, 0.3) is 0 Å². The van der Waals surface area contributed by atoms with E-state index in [1.165, 1.54) is 6.33 Å². The van der Waals surface area contributed by atoms with E-state index in [9.17, 15) is 8.42 Å². The molecule has 0 amide bonds. The predicted molar refractivity (Wildman–Crippen MR) is 106 cm³/mol. The van der Waals surface area contributed by atoms with Gasteiger partial charge in [0, 0.05) is 25.2 Å². The van der Waals surface area contributed by atoms with Gasteiger partial charge in [-0.2, -0.15) is 0 Å². The molecule has 0 saturated heterocycles. The Morgan fingerprint density at radius 3 is 2.58 bits per heavy atom. The van der Waals surface area contributed by atoms with Crippen LogP contribution in [0.3, 0.4) is 0 Å². The first-order valence-electron chi connectivity index (χ1n) is 8.13. The van der Waals surface area contributed by atoms with Crippen LogP contribution >= 0.6 is 0 Å². The summed E-state index contributed by atoms with van der Waals surface area (Å²) in [5.41, 5.74) is 8.65. The van der Waals surface area contributed by atoms with Crippen molar-refractivity contribution in [2.45, 2.75) is 11.8 Å². The summed E-state index contributed by atoms with van der Waals surface area (Å²) < 4.78 is 24.5. The molecule has 2 aromatic carbocycles. The number of sulfone groups is 1. The first-order valence-corrected chi connectivity index (χ1v) is 9.78. The van der Waals surface area contributed by atoms with Gasteiger partial charge in [-0.1, -0.05) is 6.92 Å². The molecule has 26 heavy (non-hydrogen) atoms. The fourth-order valence-electron chi connectivity index (χ4n) is 2.67. The summed E-state index contributed by atoms with van der Waals surface area (Å²) in [7, 11) is 0.481. The maximum atomic E-state index is 12.3. The lowest BCUT2D eigenvalue weighted by atomic mass is 10.2. The number of benzene rings is 2. The number of anilines is 4. The van der Waals surface area contributed by atoms with Crippen LogP contribution in [0.1, 0.15) is 6.92 Å². The fourth-order valence-corrected chi connectivity index (χ4v) is 3.57. The van der Waals surface area contributed by atoms with Crippen molar-refractivity contribution in [3.05, 3.63) is 42.7 Å². The second-order valence-electron chi connectivity index (χ2n) is 6.10. The third-order valence-corrected chi connectivity index (χ3v) is 5.83. The number of fused-ring (bicyclic) bond motifs is 1. The minimum atomic E-state index is -3.31. The number of nitrogen functional groups attached to an aromatic ring is 1. The Balaban J connectivity index is 2.13. The van der Waals surface area contributed by atoms with Gasteiger partial charge in [0.2, 0.25) is 0 Å². The van der Waals surface area contributed by atoms with Crippen molar-refractivity contribution >= 4 is 43.6 Å². The second kappa shape index (κ2) is 6.80. The lowest BCUT2D eigenvalue weighted by Gasteiger charge is -2.20. The maximum Gasteiger partial charge on any atom is 0.178 e. The van der Waals surface area contributed by atoms with Crippen molar-refractivity contribution < 1.29 is 8.42 Å². The Morgan fingerprint density at radius 2 is 1.88 bits per heavy atom. The van der Waals surface area contributed by atoms with Gasteiger partial charge in [-0.05, 0) is 36.4 Å². The zero-order valence-electron chi connectivity index (χ0n) is 14.9. The molecule has 0 atom stereocenters. The summed E-state index contributed by atoms with van der Waals surface area (Å²) >= 11 is 0. The van der Waals surface area contributed by atoms with E-state index in [0.717, 1.165) is 11.1 Å². The molecule has 3 aromatic rings. The average molecular weight is 371 g/mol. The van der Waals surface area contributed by atoms with Crippen LogP contribution in [0, 0.1) is 0 Å². The highest BCUT2D eigenvalue weighted by Crippen LogP contribution is 2.32. The first kappa shape index (κ1) is 17.9. The fraction of sp³-hybridized carbons (Fsp3) is 0.222. The standard InChI is InChI=1S/C18H21N5O2S/c1-4-26(24,25)13-6-8-17(23(2)3)16(10-13)22-18-14-7-5-12(19)9-15(14)20-11-21-18/h5-11H,4,19H2,1-3H3,(H,20,21,22). The summed E-state index contributed by atoms with van der Waals surface area (Å²) in [4.78, 5) is 10.7. The molecule has 1 aromatic heterocycles. The molecule has 1 heterocycles. The smallest absolute Gasteiger partial charge is 0.178 e. The van der Waals surface area contributed by atoms with Gasteiger partial charge in [-0.15, -0.1) is 0 Å². The number of aromatic nitrogens is 2. The lowest BCUT2D eigenvalue weighted by Crippen LogP contribution is -2.13. The van der Waals surface area contributed by atoms with Gasteiger partial charge in [0.15, 0.2) is 9.84 Å². The van der Waals surface area contributed by atoms with Crippen LogP contribution < -0.4 is 16.0 Å². The minimum absolute atomic E-state index is 0.0451. The third kappa shape index (κ3) is 3.41. The SMILES string of the molecule is CCS(=O)(=O)c1ccc(N(C)C)c(Nc2ncnc3cc(N)ccc23)c1. The van der Waals surface area contributed by atoms with Crippen molar-refractivity contribution in [1.29, 1.82) is 0 Å². The second-order valence-corrected chi connectivity index (χ2v) is 8.38. The van der Waals surface area contributed by atoms with Gasteiger partial charge >= 0.3 is 0 Å². The number of nitrogens with one attached hydrogen (secondary N) is 1. The summed E-state index contributed by atoms with van der Waals surface area (Å²) in [6, 6.07) is 10.4.